The Morgan fingerprint density at radius 2 is 2.50 bits per heavy atom. The SMILES string of the molecule is CCOC(=O)Cn1cc(C=C2CCNC2)cn1.Cl. The first-order valence-electron chi connectivity index (χ1n) is 5.86. The Kier molecular flexibility index (Phi) is 5.88. The molecule has 1 N–H and O–H groups in total. The lowest BCUT2D eigenvalue weighted by Crippen LogP contribution is -2.13. The zero-order chi connectivity index (χ0) is 12.1. The van der Waals surface area contributed by atoms with Crippen molar-refractivity contribution in [3.05, 3.63) is 23.5 Å². The second kappa shape index (κ2) is 7.18. The van der Waals surface area contributed by atoms with Gasteiger partial charge in [0, 0.05) is 18.3 Å². The van der Waals surface area contributed by atoms with Gasteiger partial charge in [-0.3, -0.25) is 9.48 Å². The molecular weight excluding hydrogens is 254 g/mol. The summed E-state index contributed by atoms with van der Waals surface area (Å²) in [5, 5.41) is 7.41. The zero-order valence-corrected chi connectivity index (χ0v) is 11.2. The summed E-state index contributed by atoms with van der Waals surface area (Å²) < 4.78 is 6.47. The van der Waals surface area contributed by atoms with E-state index in [4.69, 9.17) is 4.74 Å². The maximum Gasteiger partial charge on any atom is 0.327 e. The first-order valence-corrected chi connectivity index (χ1v) is 5.86. The normalized spacial score (nSPS) is 16.6. The van der Waals surface area contributed by atoms with Crippen molar-refractivity contribution in [2.75, 3.05) is 19.7 Å². The molecule has 1 saturated heterocycles. The van der Waals surface area contributed by atoms with Crippen LogP contribution in [0, 0.1) is 0 Å². The third-order valence-electron chi connectivity index (χ3n) is 2.60. The summed E-state index contributed by atoms with van der Waals surface area (Å²) in [6.07, 6.45) is 6.84. The molecule has 1 aromatic rings. The topological polar surface area (TPSA) is 56.1 Å². The number of ether oxygens (including phenoxy) is 1. The number of halogens is 1. The highest BCUT2D eigenvalue weighted by Gasteiger charge is 2.07. The smallest absolute Gasteiger partial charge is 0.327 e. The first-order chi connectivity index (χ1) is 8.28. The van der Waals surface area contributed by atoms with E-state index in [9.17, 15) is 4.79 Å². The summed E-state index contributed by atoms with van der Waals surface area (Å²) in [5.74, 6) is -0.252. The van der Waals surface area contributed by atoms with Crippen molar-refractivity contribution in [3.63, 3.8) is 0 Å². The molecule has 2 rings (SSSR count). The van der Waals surface area contributed by atoms with Gasteiger partial charge < -0.3 is 10.1 Å². The minimum atomic E-state index is -0.252. The summed E-state index contributed by atoms with van der Waals surface area (Å²) >= 11 is 0. The van der Waals surface area contributed by atoms with Gasteiger partial charge in [0.15, 0.2) is 0 Å². The van der Waals surface area contributed by atoms with Crippen LogP contribution in [0.4, 0.5) is 0 Å². The Balaban J connectivity index is 0.00000162. The molecule has 0 amide bonds. The molecule has 1 aliphatic heterocycles. The number of esters is 1. The van der Waals surface area contributed by atoms with E-state index in [1.165, 1.54) is 5.57 Å². The van der Waals surface area contributed by atoms with Crippen LogP contribution in [0.1, 0.15) is 18.9 Å². The highest BCUT2D eigenvalue weighted by Crippen LogP contribution is 2.11. The standard InChI is InChI=1S/C12H17N3O2.ClH/c1-2-17-12(16)9-15-8-11(7-14-15)5-10-3-4-13-6-10;/h5,7-8,13H,2-4,6,9H2,1H3;1H. The number of rotatable bonds is 4. The van der Waals surface area contributed by atoms with Gasteiger partial charge in [0.05, 0.1) is 12.8 Å². The van der Waals surface area contributed by atoms with Crippen LogP contribution < -0.4 is 5.32 Å². The minimum absolute atomic E-state index is 0. The lowest BCUT2D eigenvalue weighted by atomic mass is 10.2. The Hall–Kier alpha value is -1.33. The number of carbonyl (C=O) groups excluding carboxylic acids is 1. The number of nitrogens with one attached hydrogen (secondary N) is 1. The van der Waals surface area contributed by atoms with Crippen molar-refractivity contribution >= 4 is 24.5 Å². The summed E-state index contributed by atoms with van der Waals surface area (Å²) in [5.41, 5.74) is 2.41. The lowest BCUT2D eigenvalue weighted by Gasteiger charge is -2.00. The van der Waals surface area contributed by atoms with Gasteiger partial charge in [-0.15, -0.1) is 12.4 Å². The number of hydrogen-bond donors (Lipinski definition) is 1. The third kappa shape index (κ3) is 4.16. The maximum atomic E-state index is 11.3. The summed E-state index contributed by atoms with van der Waals surface area (Å²) in [6.45, 7) is 4.37. The molecule has 1 aromatic heterocycles. The van der Waals surface area contributed by atoms with Crippen LogP contribution in [-0.4, -0.2) is 35.4 Å². The van der Waals surface area contributed by atoms with Crippen LogP contribution in [0.2, 0.25) is 0 Å². The highest BCUT2D eigenvalue weighted by molar-refractivity contribution is 5.85. The van der Waals surface area contributed by atoms with Gasteiger partial charge in [-0.05, 0) is 19.9 Å². The van der Waals surface area contributed by atoms with E-state index >= 15 is 0 Å². The van der Waals surface area contributed by atoms with Crippen molar-refractivity contribution in [1.82, 2.24) is 15.1 Å². The molecule has 0 unspecified atom stereocenters. The van der Waals surface area contributed by atoms with Gasteiger partial charge in [-0.2, -0.15) is 5.10 Å². The van der Waals surface area contributed by atoms with Gasteiger partial charge in [0.2, 0.25) is 0 Å². The monoisotopic (exact) mass is 271 g/mol. The predicted octanol–water partition coefficient (Wildman–Crippen LogP) is 1.24. The van der Waals surface area contributed by atoms with E-state index in [-0.39, 0.29) is 24.9 Å². The predicted molar refractivity (Wildman–Crippen MR) is 71.6 cm³/mol. The molecule has 5 nitrogen and oxygen atoms in total. The second-order valence-electron chi connectivity index (χ2n) is 4.01. The molecule has 0 saturated carbocycles. The molecule has 18 heavy (non-hydrogen) atoms. The molecule has 1 aliphatic rings. The largest absolute Gasteiger partial charge is 0.465 e. The van der Waals surface area contributed by atoms with Crippen LogP contribution in [0.3, 0.4) is 0 Å². The zero-order valence-electron chi connectivity index (χ0n) is 10.4. The Bertz CT molecular complexity index is 421. The molecular formula is C12H18ClN3O2. The van der Waals surface area contributed by atoms with E-state index in [0.717, 1.165) is 25.1 Å². The molecule has 1 fully saturated rings. The molecule has 2 heterocycles. The minimum Gasteiger partial charge on any atom is -0.465 e. The van der Waals surface area contributed by atoms with Gasteiger partial charge in [0.1, 0.15) is 6.54 Å². The fourth-order valence-electron chi connectivity index (χ4n) is 1.82. The van der Waals surface area contributed by atoms with Gasteiger partial charge >= 0.3 is 5.97 Å². The van der Waals surface area contributed by atoms with E-state index < -0.39 is 0 Å². The van der Waals surface area contributed by atoms with Crippen molar-refractivity contribution in [2.45, 2.75) is 19.9 Å². The van der Waals surface area contributed by atoms with Crippen LogP contribution >= 0.6 is 12.4 Å². The Morgan fingerprint density at radius 1 is 1.67 bits per heavy atom. The van der Waals surface area contributed by atoms with Crippen molar-refractivity contribution in [1.29, 1.82) is 0 Å². The lowest BCUT2D eigenvalue weighted by molar-refractivity contribution is -0.144. The summed E-state index contributed by atoms with van der Waals surface area (Å²) in [4.78, 5) is 11.3. The van der Waals surface area contributed by atoms with E-state index in [2.05, 4.69) is 16.5 Å². The summed E-state index contributed by atoms with van der Waals surface area (Å²) in [6, 6.07) is 0. The Morgan fingerprint density at radius 3 is 3.17 bits per heavy atom. The molecule has 0 aliphatic carbocycles. The van der Waals surface area contributed by atoms with Crippen LogP contribution in [0.25, 0.3) is 6.08 Å². The number of nitrogens with zero attached hydrogens (tertiary/aromatic N) is 2. The molecule has 0 radical (unpaired) electrons. The second-order valence-corrected chi connectivity index (χ2v) is 4.01. The fourth-order valence-corrected chi connectivity index (χ4v) is 1.82. The van der Waals surface area contributed by atoms with Crippen LogP contribution in [0.5, 0.6) is 0 Å². The van der Waals surface area contributed by atoms with Crippen molar-refractivity contribution in [2.24, 2.45) is 0 Å². The van der Waals surface area contributed by atoms with Gasteiger partial charge in [-0.25, -0.2) is 0 Å². The number of aromatic nitrogens is 2. The highest BCUT2D eigenvalue weighted by atomic mass is 35.5. The average molecular weight is 272 g/mol. The van der Waals surface area contributed by atoms with E-state index in [1.807, 2.05) is 6.20 Å². The molecule has 6 heteroatoms. The summed E-state index contributed by atoms with van der Waals surface area (Å²) in [7, 11) is 0. The number of carbonyl (C=O) groups is 1. The van der Waals surface area contributed by atoms with Crippen molar-refractivity contribution in [3.8, 4) is 0 Å². The maximum absolute atomic E-state index is 11.3. The molecule has 100 valence electrons. The van der Waals surface area contributed by atoms with Gasteiger partial charge in [0.25, 0.3) is 0 Å². The molecule has 0 bridgehead atoms. The third-order valence-corrected chi connectivity index (χ3v) is 2.60. The first kappa shape index (κ1) is 14.7. The Labute approximate surface area is 113 Å². The van der Waals surface area contributed by atoms with Crippen LogP contribution in [-0.2, 0) is 16.1 Å². The average Bonchev–Trinajstić information content (AvgIpc) is 2.91. The number of hydrogen-bond acceptors (Lipinski definition) is 4. The van der Waals surface area contributed by atoms with Crippen LogP contribution in [0.15, 0.2) is 18.0 Å². The van der Waals surface area contributed by atoms with Gasteiger partial charge in [-0.1, -0.05) is 11.6 Å². The molecule has 0 atom stereocenters. The molecule has 0 aromatic carbocycles. The van der Waals surface area contributed by atoms with E-state index in [1.54, 1.807) is 17.8 Å². The van der Waals surface area contributed by atoms with E-state index in [0.29, 0.717) is 6.61 Å². The van der Waals surface area contributed by atoms with Crippen molar-refractivity contribution < 1.29 is 9.53 Å². The fraction of sp³-hybridized carbons (Fsp3) is 0.500. The quantitative estimate of drug-likeness (QED) is 0.838. The molecule has 0 spiro atoms.